The number of hydrogen-bond acceptors (Lipinski definition) is 6. The van der Waals surface area contributed by atoms with E-state index in [1.165, 1.54) is 14.2 Å². The summed E-state index contributed by atoms with van der Waals surface area (Å²) in [6, 6.07) is 12.1. The molecule has 1 aliphatic heterocycles. The Morgan fingerprint density at radius 3 is 2.55 bits per heavy atom. The quantitative estimate of drug-likeness (QED) is 0.724. The van der Waals surface area contributed by atoms with Gasteiger partial charge in [-0.15, -0.1) is 0 Å². The zero-order chi connectivity index (χ0) is 20.8. The summed E-state index contributed by atoms with van der Waals surface area (Å²) in [5.74, 6) is 1.03. The SMILES string of the molecule is COC(=O)CC(NC(=O)C1=Cc2ccccc2OC1)c1ccc(OC)c(OC)c1. The molecular weight excluding hydrogens is 374 g/mol. The number of carbonyl (C=O) groups excluding carboxylic acids is 2. The van der Waals surface area contributed by atoms with Gasteiger partial charge in [0.1, 0.15) is 12.4 Å². The van der Waals surface area contributed by atoms with Crippen LogP contribution < -0.4 is 19.5 Å². The van der Waals surface area contributed by atoms with Crippen molar-refractivity contribution in [3.05, 3.63) is 59.2 Å². The maximum Gasteiger partial charge on any atom is 0.307 e. The van der Waals surface area contributed by atoms with Gasteiger partial charge in [0, 0.05) is 5.56 Å². The molecule has 152 valence electrons. The highest BCUT2D eigenvalue weighted by atomic mass is 16.5. The van der Waals surface area contributed by atoms with E-state index in [1.54, 1.807) is 31.4 Å². The zero-order valence-electron chi connectivity index (χ0n) is 16.6. The smallest absolute Gasteiger partial charge is 0.307 e. The van der Waals surface area contributed by atoms with E-state index in [9.17, 15) is 9.59 Å². The van der Waals surface area contributed by atoms with Crippen molar-refractivity contribution in [1.82, 2.24) is 5.32 Å². The summed E-state index contributed by atoms with van der Waals surface area (Å²) in [6.45, 7) is 0.153. The minimum atomic E-state index is -0.604. The van der Waals surface area contributed by atoms with E-state index in [0.29, 0.717) is 22.6 Å². The van der Waals surface area contributed by atoms with E-state index >= 15 is 0 Å². The van der Waals surface area contributed by atoms with Crippen LogP contribution in [0, 0.1) is 0 Å². The van der Waals surface area contributed by atoms with Crippen molar-refractivity contribution in [2.45, 2.75) is 12.5 Å². The molecule has 2 aromatic rings. The molecular formula is C22H23NO6. The summed E-state index contributed by atoms with van der Waals surface area (Å²) in [6.07, 6.45) is 1.76. The van der Waals surface area contributed by atoms with Crippen molar-refractivity contribution in [2.75, 3.05) is 27.9 Å². The Labute approximate surface area is 169 Å². The average molecular weight is 397 g/mol. The summed E-state index contributed by atoms with van der Waals surface area (Å²) >= 11 is 0. The molecule has 0 saturated carbocycles. The summed E-state index contributed by atoms with van der Waals surface area (Å²) in [4.78, 5) is 24.8. The first-order valence-electron chi connectivity index (χ1n) is 9.07. The van der Waals surface area contributed by atoms with E-state index in [4.69, 9.17) is 18.9 Å². The lowest BCUT2D eigenvalue weighted by Crippen LogP contribution is -2.33. The number of amides is 1. The fourth-order valence-corrected chi connectivity index (χ4v) is 3.07. The molecule has 3 rings (SSSR count). The monoisotopic (exact) mass is 397 g/mol. The molecule has 0 fully saturated rings. The number of methoxy groups -OCH3 is 3. The van der Waals surface area contributed by atoms with Gasteiger partial charge in [-0.25, -0.2) is 0 Å². The maximum atomic E-state index is 12.9. The molecule has 0 saturated heterocycles. The van der Waals surface area contributed by atoms with Crippen molar-refractivity contribution in [2.24, 2.45) is 0 Å². The first-order chi connectivity index (χ1) is 14.0. The van der Waals surface area contributed by atoms with Crippen LogP contribution in [0.3, 0.4) is 0 Å². The fraction of sp³-hybridized carbons (Fsp3) is 0.273. The molecule has 2 aromatic carbocycles. The third-order valence-electron chi connectivity index (χ3n) is 4.64. The van der Waals surface area contributed by atoms with E-state index in [0.717, 1.165) is 11.3 Å². The lowest BCUT2D eigenvalue weighted by molar-refractivity contribution is -0.141. The number of esters is 1. The molecule has 29 heavy (non-hydrogen) atoms. The average Bonchev–Trinajstić information content (AvgIpc) is 2.77. The predicted molar refractivity (Wildman–Crippen MR) is 107 cm³/mol. The highest BCUT2D eigenvalue weighted by molar-refractivity contribution is 5.99. The van der Waals surface area contributed by atoms with Crippen LogP contribution in [0.2, 0.25) is 0 Å². The van der Waals surface area contributed by atoms with Gasteiger partial charge in [0.05, 0.1) is 39.4 Å². The van der Waals surface area contributed by atoms with Gasteiger partial charge in [-0.05, 0) is 29.8 Å². The fourth-order valence-electron chi connectivity index (χ4n) is 3.07. The lowest BCUT2D eigenvalue weighted by atomic mass is 10.0. The molecule has 0 radical (unpaired) electrons. The van der Waals surface area contributed by atoms with E-state index in [2.05, 4.69) is 5.32 Å². The van der Waals surface area contributed by atoms with Gasteiger partial charge in [0.15, 0.2) is 11.5 Å². The molecule has 0 aliphatic carbocycles. The molecule has 1 unspecified atom stereocenters. The first-order valence-corrected chi connectivity index (χ1v) is 9.07. The Bertz CT molecular complexity index is 937. The second-order valence-corrected chi connectivity index (χ2v) is 6.42. The number of carbonyl (C=O) groups is 2. The summed E-state index contributed by atoms with van der Waals surface area (Å²) in [7, 11) is 4.38. The summed E-state index contributed by atoms with van der Waals surface area (Å²) in [5.41, 5.74) is 2.00. The van der Waals surface area contributed by atoms with Gasteiger partial charge in [-0.1, -0.05) is 24.3 Å². The first kappa shape index (κ1) is 20.3. The van der Waals surface area contributed by atoms with Gasteiger partial charge in [-0.3, -0.25) is 9.59 Å². The van der Waals surface area contributed by atoms with Crippen LogP contribution in [-0.4, -0.2) is 39.8 Å². The second kappa shape index (κ2) is 9.14. The lowest BCUT2D eigenvalue weighted by Gasteiger charge is -2.22. The number of ether oxygens (including phenoxy) is 4. The van der Waals surface area contributed by atoms with Gasteiger partial charge in [-0.2, -0.15) is 0 Å². The van der Waals surface area contributed by atoms with Crippen LogP contribution in [0.4, 0.5) is 0 Å². The molecule has 0 aromatic heterocycles. The van der Waals surface area contributed by atoms with Gasteiger partial charge < -0.3 is 24.3 Å². The van der Waals surface area contributed by atoms with E-state index in [1.807, 2.05) is 24.3 Å². The number of nitrogens with one attached hydrogen (secondary N) is 1. The Morgan fingerprint density at radius 2 is 1.83 bits per heavy atom. The Hall–Kier alpha value is -3.48. The highest BCUT2D eigenvalue weighted by Crippen LogP contribution is 2.32. The Balaban J connectivity index is 1.85. The topological polar surface area (TPSA) is 83.1 Å². The normalized spacial score (nSPS) is 13.3. The second-order valence-electron chi connectivity index (χ2n) is 6.42. The Morgan fingerprint density at radius 1 is 1.07 bits per heavy atom. The largest absolute Gasteiger partial charge is 0.493 e. The zero-order valence-corrected chi connectivity index (χ0v) is 16.6. The van der Waals surface area contributed by atoms with Gasteiger partial charge in [0.25, 0.3) is 5.91 Å². The minimum Gasteiger partial charge on any atom is -0.493 e. The van der Waals surface area contributed by atoms with Crippen molar-refractivity contribution in [3.63, 3.8) is 0 Å². The number of fused-ring (bicyclic) bond motifs is 1. The predicted octanol–water partition coefficient (Wildman–Crippen LogP) is 2.90. The van der Waals surface area contributed by atoms with Gasteiger partial charge >= 0.3 is 5.97 Å². The molecule has 7 heteroatoms. The standard InChI is InChI=1S/C22H23NO6/c1-26-19-9-8-14(11-20(19)27-2)17(12-21(24)28-3)23-22(25)16-10-15-6-4-5-7-18(15)29-13-16/h4-11,17H,12-13H2,1-3H3,(H,23,25). The van der Waals surface area contributed by atoms with Crippen molar-refractivity contribution in [1.29, 1.82) is 0 Å². The van der Waals surface area contributed by atoms with E-state index < -0.39 is 12.0 Å². The van der Waals surface area contributed by atoms with Crippen LogP contribution in [0.15, 0.2) is 48.0 Å². The van der Waals surface area contributed by atoms with Crippen LogP contribution in [-0.2, 0) is 14.3 Å². The van der Waals surface area contributed by atoms with Crippen LogP contribution in [0.25, 0.3) is 6.08 Å². The molecule has 7 nitrogen and oxygen atoms in total. The van der Waals surface area contributed by atoms with Crippen LogP contribution in [0.5, 0.6) is 17.2 Å². The number of para-hydroxylation sites is 1. The Kier molecular flexibility index (Phi) is 6.39. The highest BCUT2D eigenvalue weighted by Gasteiger charge is 2.24. The number of hydrogen-bond donors (Lipinski definition) is 1. The number of rotatable bonds is 7. The van der Waals surface area contributed by atoms with Crippen molar-refractivity contribution in [3.8, 4) is 17.2 Å². The summed E-state index contributed by atoms with van der Waals surface area (Å²) < 4.78 is 21.0. The molecule has 1 aliphatic rings. The molecule has 1 N–H and O–H groups in total. The third kappa shape index (κ3) is 4.68. The summed E-state index contributed by atoms with van der Waals surface area (Å²) in [5, 5.41) is 2.90. The molecule has 1 atom stereocenters. The molecule has 0 spiro atoms. The molecule has 0 bridgehead atoms. The van der Waals surface area contributed by atoms with Crippen LogP contribution in [0.1, 0.15) is 23.6 Å². The number of benzene rings is 2. The minimum absolute atomic E-state index is 0.0253. The van der Waals surface area contributed by atoms with E-state index in [-0.39, 0.29) is 18.9 Å². The van der Waals surface area contributed by atoms with Crippen LogP contribution >= 0.6 is 0 Å². The van der Waals surface area contributed by atoms with Crippen molar-refractivity contribution < 1.29 is 28.5 Å². The third-order valence-corrected chi connectivity index (χ3v) is 4.64. The van der Waals surface area contributed by atoms with Gasteiger partial charge in [0.2, 0.25) is 0 Å². The molecule has 1 amide bonds. The van der Waals surface area contributed by atoms with Crippen molar-refractivity contribution >= 4 is 18.0 Å². The maximum absolute atomic E-state index is 12.9. The molecule has 1 heterocycles.